The van der Waals surface area contributed by atoms with Gasteiger partial charge in [-0.25, -0.2) is 0 Å². The number of ether oxygens (including phenoxy) is 1. The maximum absolute atomic E-state index is 12.6. The van der Waals surface area contributed by atoms with Gasteiger partial charge >= 0.3 is 0 Å². The molecule has 0 saturated carbocycles. The first-order valence-electron chi connectivity index (χ1n) is 10.0. The Hall–Kier alpha value is -4.05. The number of amides is 2. The van der Waals surface area contributed by atoms with Crippen LogP contribution in [0.5, 0.6) is 0 Å². The van der Waals surface area contributed by atoms with Crippen LogP contribution in [0.4, 0.5) is 11.4 Å². The van der Waals surface area contributed by atoms with Gasteiger partial charge in [-0.3, -0.25) is 24.5 Å². The lowest BCUT2D eigenvalue weighted by molar-refractivity contribution is -0.384. The summed E-state index contributed by atoms with van der Waals surface area (Å²) in [5.74, 6) is -0.774. The fraction of sp³-hybridized carbons (Fsp3) is 0.227. The summed E-state index contributed by atoms with van der Waals surface area (Å²) in [5.41, 5.74) is 0.345. The number of hydrogen-bond acceptors (Lipinski definition) is 6. The molecule has 0 unspecified atom stereocenters. The van der Waals surface area contributed by atoms with E-state index < -0.39 is 16.4 Å². The third-order valence-corrected chi connectivity index (χ3v) is 5.18. The normalized spacial score (nSPS) is 14.1. The summed E-state index contributed by atoms with van der Waals surface area (Å²) in [4.78, 5) is 52.3. The van der Waals surface area contributed by atoms with E-state index in [-0.39, 0.29) is 17.2 Å². The Morgan fingerprint density at radius 1 is 1.06 bits per heavy atom. The molecule has 32 heavy (non-hydrogen) atoms. The number of aromatic nitrogens is 1. The highest BCUT2D eigenvalue weighted by atomic mass is 16.6. The summed E-state index contributed by atoms with van der Waals surface area (Å²) < 4.78 is 5.37. The van der Waals surface area contributed by atoms with Crippen LogP contribution in [0.25, 0.3) is 10.9 Å². The minimum Gasteiger partial charge on any atom is -0.380 e. The lowest BCUT2D eigenvalue weighted by atomic mass is 10.1. The van der Waals surface area contributed by atoms with Gasteiger partial charge in [0.15, 0.2) is 0 Å². The minimum atomic E-state index is -0.664. The van der Waals surface area contributed by atoms with Gasteiger partial charge in [0, 0.05) is 54.0 Å². The molecule has 10 nitrogen and oxygen atoms in total. The number of non-ortho nitro benzene ring substituents is 1. The largest absolute Gasteiger partial charge is 0.380 e. The Labute approximate surface area is 181 Å². The van der Waals surface area contributed by atoms with Gasteiger partial charge in [0.05, 0.1) is 11.5 Å². The highest BCUT2D eigenvalue weighted by Crippen LogP contribution is 2.20. The van der Waals surface area contributed by atoms with Gasteiger partial charge in [0.25, 0.3) is 23.1 Å². The number of nitro groups is 1. The highest BCUT2D eigenvalue weighted by molar-refractivity contribution is 6.06. The first-order chi connectivity index (χ1) is 15.4. The number of anilines is 1. The third kappa shape index (κ3) is 4.49. The van der Waals surface area contributed by atoms with Crippen molar-refractivity contribution in [1.29, 1.82) is 0 Å². The van der Waals surface area contributed by atoms with Crippen molar-refractivity contribution in [2.75, 3.05) is 31.6 Å². The summed E-state index contributed by atoms with van der Waals surface area (Å²) in [6.45, 7) is 2.29. The zero-order valence-electron chi connectivity index (χ0n) is 17.0. The number of benzene rings is 2. The topological polar surface area (TPSA) is 135 Å². The van der Waals surface area contributed by atoms with Crippen molar-refractivity contribution in [2.24, 2.45) is 0 Å². The van der Waals surface area contributed by atoms with Gasteiger partial charge in [-0.15, -0.1) is 0 Å². The van der Waals surface area contributed by atoms with Crippen LogP contribution in [0.1, 0.15) is 27.1 Å². The van der Waals surface area contributed by atoms with Crippen LogP contribution in [-0.2, 0) is 4.74 Å². The van der Waals surface area contributed by atoms with E-state index in [9.17, 15) is 24.5 Å². The maximum Gasteiger partial charge on any atom is 0.270 e. The number of nitrogens with zero attached hydrogens (tertiary/aromatic N) is 2. The summed E-state index contributed by atoms with van der Waals surface area (Å²) in [5, 5.41) is 14.0. The van der Waals surface area contributed by atoms with Crippen LogP contribution >= 0.6 is 0 Å². The molecule has 1 aromatic heterocycles. The van der Waals surface area contributed by atoms with E-state index in [0.29, 0.717) is 48.5 Å². The maximum atomic E-state index is 12.6. The number of nitrogens with one attached hydrogen (secondary N) is 2. The van der Waals surface area contributed by atoms with Crippen molar-refractivity contribution < 1.29 is 19.2 Å². The second-order valence-electron chi connectivity index (χ2n) is 7.33. The van der Waals surface area contributed by atoms with Gasteiger partial charge in [-0.2, -0.15) is 0 Å². The molecule has 164 valence electrons. The van der Waals surface area contributed by atoms with E-state index in [1.54, 1.807) is 29.2 Å². The van der Waals surface area contributed by atoms with Crippen LogP contribution in [0, 0.1) is 10.1 Å². The van der Waals surface area contributed by atoms with Crippen LogP contribution < -0.4 is 10.9 Å². The number of carbonyl (C=O) groups is 2. The molecule has 1 fully saturated rings. The molecule has 1 aliphatic rings. The first kappa shape index (κ1) is 21.2. The van der Waals surface area contributed by atoms with Crippen LogP contribution in [-0.4, -0.2) is 52.9 Å². The second-order valence-corrected chi connectivity index (χ2v) is 7.33. The Balaban J connectivity index is 1.51. The van der Waals surface area contributed by atoms with Gasteiger partial charge in [-0.05, 0) is 42.8 Å². The van der Waals surface area contributed by atoms with Crippen LogP contribution in [0.15, 0.2) is 53.3 Å². The molecule has 0 radical (unpaired) electrons. The van der Waals surface area contributed by atoms with E-state index in [1.807, 2.05) is 0 Å². The van der Waals surface area contributed by atoms with E-state index >= 15 is 0 Å². The molecule has 2 heterocycles. The summed E-state index contributed by atoms with van der Waals surface area (Å²) >= 11 is 0. The molecule has 2 aromatic carbocycles. The van der Waals surface area contributed by atoms with Gasteiger partial charge < -0.3 is 19.9 Å². The highest BCUT2D eigenvalue weighted by Gasteiger charge is 2.18. The summed E-state index contributed by atoms with van der Waals surface area (Å²) in [7, 11) is 0. The van der Waals surface area contributed by atoms with E-state index in [2.05, 4.69) is 10.3 Å². The van der Waals surface area contributed by atoms with Crippen molar-refractivity contribution in [3.05, 3.63) is 80.1 Å². The fourth-order valence-electron chi connectivity index (χ4n) is 3.50. The van der Waals surface area contributed by atoms with E-state index in [0.717, 1.165) is 6.42 Å². The lowest BCUT2D eigenvalue weighted by Crippen LogP contribution is -2.33. The SMILES string of the molecule is O=C(Nc1ccc(C(=O)N2CCCOCC2)cc1)c1cc2cc([N+](=O)[O-])ccc2[nH]c1=O. The monoisotopic (exact) mass is 436 g/mol. The molecule has 2 N–H and O–H groups in total. The van der Waals surface area contributed by atoms with Crippen molar-refractivity contribution in [1.82, 2.24) is 9.88 Å². The molecule has 0 bridgehead atoms. The Bertz CT molecular complexity index is 1240. The number of nitro benzene ring substituents is 1. The predicted octanol–water partition coefficient (Wildman–Crippen LogP) is 2.55. The molecule has 1 aliphatic heterocycles. The molecular formula is C22H20N4O6. The van der Waals surface area contributed by atoms with Crippen molar-refractivity contribution >= 4 is 34.1 Å². The lowest BCUT2D eigenvalue weighted by Gasteiger charge is -2.19. The van der Waals surface area contributed by atoms with Crippen molar-refractivity contribution in [3.8, 4) is 0 Å². The Morgan fingerprint density at radius 3 is 2.59 bits per heavy atom. The molecule has 4 rings (SSSR count). The van der Waals surface area contributed by atoms with Crippen LogP contribution in [0.3, 0.4) is 0 Å². The zero-order chi connectivity index (χ0) is 22.7. The Kier molecular flexibility index (Phi) is 5.95. The number of pyridine rings is 1. The predicted molar refractivity (Wildman–Crippen MR) is 117 cm³/mol. The molecule has 2 amide bonds. The number of hydrogen-bond donors (Lipinski definition) is 2. The summed E-state index contributed by atoms with van der Waals surface area (Å²) in [6, 6.07) is 11.7. The smallest absolute Gasteiger partial charge is 0.270 e. The fourth-order valence-corrected chi connectivity index (χ4v) is 3.50. The molecule has 10 heteroatoms. The number of aromatic amines is 1. The third-order valence-electron chi connectivity index (χ3n) is 5.18. The molecule has 0 spiro atoms. The molecule has 0 atom stereocenters. The van der Waals surface area contributed by atoms with E-state index in [4.69, 9.17) is 4.74 Å². The molecular weight excluding hydrogens is 416 g/mol. The van der Waals surface area contributed by atoms with Gasteiger partial charge in [0.1, 0.15) is 5.56 Å². The van der Waals surface area contributed by atoms with E-state index in [1.165, 1.54) is 24.3 Å². The minimum absolute atomic E-state index is 0.110. The average Bonchev–Trinajstić information content (AvgIpc) is 3.08. The van der Waals surface area contributed by atoms with Gasteiger partial charge in [-0.1, -0.05) is 0 Å². The second kappa shape index (κ2) is 8.98. The zero-order valence-corrected chi connectivity index (χ0v) is 17.0. The summed E-state index contributed by atoms with van der Waals surface area (Å²) in [6.07, 6.45) is 0.781. The van der Waals surface area contributed by atoms with Crippen molar-refractivity contribution in [3.63, 3.8) is 0 Å². The van der Waals surface area contributed by atoms with Gasteiger partial charge in [0.2, 0.25) is 0 Å². The molecule has 1 saturated heterocycles. The quantitative estimate of drug-likeness (QED) is 0.477. The molecule has 3 aromatic rings. The number of H-pyrrole nitrogens is 1. The first-order valence-corrected chi connectivity index (χ1v) is 10.0. The van der Waals surface area contributed by atoms with Crippen molar-refractivity contribution in [2.45, 2.75) is 6.42 Å². The standard InChI is InChI=1S/C22H20N4O6/c27-20(18-13-15-12-17(26(30)31)6-7-19(15)24-21(18)28)23-16-4-2-14(3-5-16)22(29)25-8-1-10-32-11-9-25/h2-7,12-13H,1,8-11H2,(H,23,27)(H,24,28). The number of rotatable bonds is 4. The van der Waals surface area contributed by atoms with Crippen LogP contribution in [0.2, 0.25) is 0 Å². The number of fused-ring (bicyclic) bond motifs is 1. The Morgan fingerprint density at radius 2 is 1.84 bits per heavy atom. The number of carbonyl (C=O) groups excluding carboxylic acids is 2. The molecule has 0 aliphatic carbocycles. The average molecular weight is 436 g/mol.